The molecule has 0 aliphatic heterocycles. The van der Waals surface area contributed by atoms with Gasteiger partial charge in [0.2, 0.25) is 5.88 Å². The van der Waals surface area contributed by atoms with Crippen LogP contribution in [0.1, 0.15) is 12.8 Å². The Bertz CT molecular complexity index is 348. The van der Waals surface area contributed by atoms with Crippen molar-refractivity contribution in [3.63, 3.8) is 0 Å². The lowest BCUT2D eigenvalue weighted by Crippen LogP contribution is -2.30. The molecule has 15 heavy (non-hydrogen) atoms. The number of rotatable bonds is 3. The standard InChI is InChI=1S/C9H12N4O2/c1-15-8-5-4-7(12-13-8)11-9(14)10-6-2-3-6/h4-6H,2-3H2,1H3,(H2,10,11,12,14). The van der Waals surface area contributed by atoms with Crippen molar-refractivity contribution in [3.05, 3.63) is 12.1 Å². The van der Waals surface area contributed by atoms with Crippen LogP contribution >= 0.6 is 0 Å². The van der Waals surface area contributed by atoms with E-state index >= 15 is 0 Å². The van der Waals surface area contributed by atoms with Crippen molar-refractivity contribution in [2.75, 3.05) is 12.4 Å². The lowest BCUT2D eigenvalue weighted by Gasteiger charge is -2.05. The average Bonchev–Trinajstić information content (AvgIpc) is 3.03. The first-order valence-corrected chi connectivity index (χ1v) is 4.73. The summed E-state index contributed by atoms with van der Waals surface area (Å²) >= 11 is 0. The van der Waals surface area contributed by atoms with Gasteiger partial charge in [-0.1, -0.05) is 0 Å². The van der Waals surface area contributed by atoms with Crippen LogP contribution in [0.2, 0.25) is 0 Å². The minimum absolute atomic E-state index is 0.239. The third kappa shape index (κ3) is 2.80. The fraction of sp³-hybridized carbons (Fsp3) is 0.444. The number of amides is 2. The van der Waals surface area contributed by atoms with Crippen molar-refractivity contribution in [2.45, 2.75) is 18.9 Å². The summed E-state index contributed by atoms with van der Waals surface area (Å²) in [5, 5.41) is 12.9. The third-order valence-electron chi connectivity index (χ3n) is 2.00. The SMILES string of the molecule is COc1ccc(NC(=O)NC2CC2)nn1. The van der Waals surface area contributed by atoms with Crippen LogP contribution in [-0.2, 0) is 0 Å². The fourth-order valence-electron chi connectivity index (χ4n) is 1.06. The molecule has 6 nitrogen and oxygen atoms in total. The van der Waals surface area contributed by atoms with Crippen LogP contribution < -0.4 is 15.4 Å². The number of carbonyl (C=O) groups excluding carboxylic acids is 1. The molecule has 80 valence electrons. The fourth-order valence-corrected chi connectivity index (χ4v) is 1.06. The second-order valence-corrected chi connectivity index (χ2v) is 3.33. The van der Waals surface area contributed by atoms with Gasteiger partial charge in [-0.05, 0) is 18.9 Å². The number of hydrogen-bond acceptors (Lipinski definition) is 4. The Morgan fingerprint density at radius 3 is 2.80 bits per heavy atom. The van der Waals surface area contributed by atoms with Crippen molar-refractivity contribution in [1.82, 2.24) is 15.5 Å². The summed E-state index contributed by atoms with van der Waals surface area (Å²) in [7, 11) is 1.51. The molecule has 2 N–H and O–H groups in total. The van der Waals surface area contributed by atoms with Crippen LogP contribution in [0.3, 0.4) is 0 Å². The molecule has 0 spiro atoms. The van der Waals surface area contributed by atoms with Crippen molar-refractivity contribution < 1.29 is 9.53 Å². The third-order valence-corrected chi connectivity index (χ3v) is 2.00. The van der Waals surface area contributed by atoms with E-state index in [2.05, 4.69) is 20.8 Å². The van der Waals surface area contributed by atoms with Gasteiger partial charge in [0.1, 0.15) is 0 Å². The van der Waals surface area contributed by atoms with Crippen LogP contribution in [0.15, 0.2) is 12.1 Å². The topological polar surface area (TPSA) is 76.1 Å². The Morgan fingerprint density at radius 1 is 1.47 bits per heavy atom. The predicted molar refractivity (Wildman–Crippen MR) is 53.8 cm³/mol. The van der Waals surface area contributed by atoms with E-state index < -0.39 is 0 Å². The molecular weight excluding hydrogens is 196 g/mol. The molecule has 0 unspecified atom stereocenters. The Labute approximate surface area is 87.0 Å². The van der Waals surface area contributed by atoms with E-state index in [1.54, 1.807) is 12.1 Å². The van der Waals surface area contributed by atoms with Crippen LogP contribution in [0.4, 0.5) is 10.6 Å². The second kappa shape index (κ2) is 4.12. The second-order valence-electron chi connectivity index (χ2n) is 3.33. The quantitative estimate of drug-likeness (QED) is 0.769. The highest BCUT2D eigenvalue weighted by molar-refractivity contribution is 5.88. The number of methoxy groups -OCH3 is 1. The van der Waals surface area contributed by atoms with Gasteiger partial charge >= 0.3 is 6.03 Å². The summed E-state index contributed by atoms with van der Waals surface area (Å²) in [5.41, 5.74) is 0. The van der Waals surface area contributed by atoms with Crippen LogP contribution in [0.25, 0.3) is 0 Å². The summed E-state index contributed by atoms with van der Waals surface area (Å²) in [6.45, 7) is 0. The molecule has 0 aromatic carbocycles. The predicted octanol–water partition coefficient (Wildman–Crippen LogP) is 0.769. The van der Waals surface area contributed by atoms with Crippen molar-refractivity contribution in [3.8, 4) is 5.88 Å². The lowest BCUT2D eigenvalue weighted by atomic mass is 10.5. The first kappa shape index (κ1) is 9.70. The number of ether oxygens (including phenoxy) is 1. The summed E-state index contributed by atoms with van der Waals surface area (Å²) in [6.07, 6.45) is 2.11. The lowest BCUT2D eigenvalue weighted by molar-refractivity contribution is 0.251. The molecule has 1 fully saturated rings. The van der Waals surface area contributed by atoms with Crippen LogP contribution in [0.5, 0.6) is 5.88 Å². The van der Waals surface area contributed by atoms with E-state index in [-0.39, 0.29) is 6.03 Å². The summed E-state index contributed by atoms with van der Waals surface area (Å²) in [5.74, 6) is 0.831. The molecule has 1 aliphatic rings. The maximum absolute atomic E-state index is 11.3. The van der Waals surface area contributed by atoms with Crippen LogP contribution in [0, 0.1) is 0 Å². The summed E-state index contributed by atoms with van der Waals surface area (Å²) in [4.78, 5) is 11.3. The summed E-state index contributed by atoms with van der Waals surface area (Å²) < 4.78 is 4.85. The number of nitrogens with zero attached hydrogens (tertiary/aromatic N) is 2. The highest BCUT2D eigenvalue weighted by Crippen LogP contribution is 2.18. The number of anilines is 1. The zero-order valence-electron chi connectivity index (χ0n) is 8.36. The van der Waals surface area contributed by atoms with Gasteiger partial charge in [-0.2, -0.15) is 0 Å². The molecule has 1 heterocycles. The Hall–Kier alpha value is -1.85. The Morgan fingerprint density at radius 2 is 2.27 bits per heavy atom. The monoisotopic (exact) mass is 208 g/mol. The molecule has 6 heteroatoms. The van der Waals surface area contributed by atoms with E-state index in [0.717, 1.165) is 12.8 Å². The first-order valence-electron chi connectivity index (χ1n) is 4.73. The molecule has 1 aliphatic carbocycles. The number of nitrogens with one attached hydrogen (secondary N) is 2. The minimum Gasteiger partial charge on any atom is -0.480 e. The summed E-state index contributed by atoms with van der Waals surface area (Å²) in [6, 6.07) is 3.37. The molecular formula is C9H12N4O2. The molecule has 1 aromatic rings. The highest BCUT2D eigenvalue weighted by Gasteiger charge is 2.23. The van der Waals surface area contributed by atoms with Crippen molar-refractivity contribution in [1.29, 1.82) is 0 Å². The maximum atomic E-state index is 11.3. The van der Waals surface area contributed by atoms with E-state index in [9.17, 15) is 4.79 Å². The maximum Gasteiger partial charge on any atom is 0.320 e. The van der Waals surface area contributed by atoms with Gasteiger partial charge in [-0.3, -0.25) is 5.32 Å². The van der Waals surface area contributed by atoms with Gasteiger partial charge in [0.15, 0.2) is 5.82 Å². The van der Waals surface area contributed by atoms with Crippen molar-refractivity contribution >= 4 is 11.8 Å². The molecule has 2 amide bonds. The van der Waals surface area contributed by atoms with Gasteiger partial charge in [0.05, 0.1) is 7.11 Å². The normalized spacial score (nSPS) is 14.5. The zero-order chi connectivity index (χ0) is 10.7. The van der Waals surface area contributed by atoms with Gasteiger partial charge in [-0.15, -0.1) is 10.2 Å². The first-order chi connectivity index (χ1) is 7.28. The molecule has 2 rings (SSSR count). The van der Waals surface area contributed by atoms with Crippen LogP contribution in [-0.4, -0.2) is 29.4 Å². The molecule has 1 aromatic heterocycles. The van der Waals surface area contributed by atoms with Gasteiger partial charge in [0.25, 0.3) is 0 Å². The molecule has 0 radical (unpaired) electrons. The Kier molecular flexibility index (Phi) is 2.66. The van der Waals surface area contributed by atoms with E-state index in [1.807, 2.05) is 0 Å². The van der Waals surface area contributed by atoms with Gasteiger partial charge in [0, 0.05) is 12.1 Å². The number of hydrogen-bond donors (Lipinski definition) is 2. The molecule has 0 saturated heterocycles. The number of urea groups is 1. The number of aromatic nitrogens is 2. The van der Waals surface area contributed by atoms with Gasteiger partial charge in [-0.25, -0.2) is 4.79 Å². The number of carbonyl (C=O) groups is 1. The smallest absolute Gasteiger partial charge is 0.320 e. The van der Waals surface area contributed by atoms with Crippen molar-refractivity contribution in [2.24, 2.45) is 0 Å². The van der Waals surface area contributed by atoms with E-state index in [4.69, 9.17) is 4.74 Å². The van der Waals surface area contributed by atoms with E-state index in [0.29, 0.717) is 17.7 Å². The zero-order valence-corrected chi connectivity index (χ0v) is 8.36. The van der Waals surface area contributed by atoms with E-state index in [1.165, 1.54) is 7.11 Å². The Balaban J connectivity index is 1.88. The molecule has 0 bridgehead atoms. The minimum atomic E-state index is -0.239. The average molecular weight is 208 g/mol. The highest BCUT2D eigenvalue weighted by atomic mass is 16.5. The molecule has 0 atom stereocenters. The van der Waals surface area contributed by atoms with Gasteiger partial charge < -0.3 is 10.1 Å². The largest absolute Gasteiger partial charge is 0.480 e. The molecule has 1 saturated carbocycles.